The Morgan fingerprint density at radius 3 is 2.37 bits per heavy atom. The summed E-state index contributed by atoms with van der Waals surface area (Å²) in [6.45, 7) is 3.57. The molecule has 0 spiro atoms. The summed E-state index contributed by atoms with van der Waals surface area (Å²) in [7, 11) is 1.29. The van der Waals surface area contributed by atoms with Crippen LogP contribution in [0.1, 0.15) is 33.1 Å². The average Bonchev–Trinajstić information content (AvgIpc) is 2.43. The smallest absolute Gasteiger partial charge is 0.328 e. The Bertz CT molecular complexity index is 368. The highest BCUT2D eigenvalue weighted by Gasteiger charge is 2.37. The van der Waals surface area contributed by atoms with Crippen molar-refractivity contribution in [3.63, 3.8) is 0 Å². The number of methoxy groups -OCH3 is 1. The summed E-state index contributed by atoms with van der Waals surface area (Å²) in [4.78, 5) is 36.4. The van der Waals surface area contributed by atoms with Crippen LogP contribution >= 0.6 is 0 Å². The molecular weight excluding hydrogens is 250 g/mol. The van der Waals surface area contributed by atoms with E-state index in [1.807, 2.05) is 0 Å². The summed E-state index contributed by atoms with van der Waals surface area (Å²) in [6, 6.07) is -0.574. The van der Waals surface area contributed by atoms with Crippen LogP contribution in [-0.4, -0.2) is 47.5 Å². The highest BCUT2D eigenvalue weighted by molar-refractivity contribution is 5.88. The Kier molecular flexibility index (Phi) is 5.32. The molecule has 3 unspecified atom stereocenters. The van der Waals surface area contributed by atoms with Crippen LogP contribution in [-0.2, 0) is 19.1 Å². The SMILES string of the molecule is COC(=O)C1CCCCN1C(=O)C(C)C(C)C(=O)O. The van der Waals surface area contributed by atoms with E-state index < -0.39 is 29.8 Å². The first-order valence-electron chi connectivity index (χ1n) is 6.51. The van der Waals surface area contributed by atoms with Crippen molar-refractivity contribution in [2.24, 2.45) is 11.8 Å². The third kappa shape index (κ3) is 3.45. The Labute approximate surface area is 112 Å². The Morgan fingerprint density at radius 2 is 1.84 bits per heavy atom. The Hall–Kier alpha value is -1.59. The maximum atomic E-state index is 12.3. The van der Waals surface area contributed by atoms with E-state index >= 15 is 0 Å². The molecule has 1 saturated heterocycles. The number of carbonyl (C=O) groups is 3. The predicted octanol–water partition coefficient (Wildman–Crippen LogP) is 0.897. The van der Waals surface area contributed by atoms with Gasteiger partial charge in [0.15, 0.2) is 0 Å². The first kappa shape index (κ1) is 15.5. The van der Waals surface area contributed by atoms with Gasteiger partial charge in [0.1, 0.15) is 6.04 Å². The van der Waals surface area contributed by atoms with E-state index in [9.17, 15) is 14.4 Å². The third-order valence-electron chi connectivity index (χ3n) is 3.79. The lowest BCUT2D eigenvalue weighted by atomic mass is 9.92. The number of piperidine rings is 1. The minimum absolute atomic E-state index is 0.287. The van der Waals surface area contributed by atoms with Gasteiger partial charge in [0, 0.05) is 12.5 Å². The van der Waals surface area contributed by atoms with Crippen molar-refractivity contribution in [1.29, 1.82) is 0 Å². The Morgan fingerprint density at radius 1 is 1.21 bits per heavy atom. The maximum Gasteiger partial charge on any atom is 0.328 e. The second kappa shape index (κ2) is 6.54. The van der Waals surface area contributed by atoms with E-state index in [2.05, 4.69) is 0 Å². The number of nitrogens with zero attached hydrogens (tertiary/aromatic N) is 1. The number of likely N-dealkylation sites (tertiary alicyclic amines) is 1. The van der Waals surface area contributed by atoms with E-state index in [4.69, 9.17) is 9.84 Å². The molecule has 6 heteroatoms. The second-order valence-corrected chi connectivity index (χ2v) is 4.98. The zero-order valence-corrected chi connectivity index (χ0v) is 11.6. The van der Waals surface area contributed by atoms with Crippen LogP contribution in [0, 0.1) is 11.8 Å². The van der Waals surface area contributed by atoms with Crippen molar-refractivity contribution in [2.75, 3.05) is 13.7 Å². The standard InChI is InChI=1S/C13H21NO5/c1-8(9(2)12(16)17)11(15)14-7-5-4-6-10(14)13(18)19-3/h8-10H,4-7H2,1-3H3,(H,16,17). The third-order valence-corrected chi connectivity index (χ3v) is 3.79. The van der Waals surface area contributed by atoms with Crippen molar-refractivity contribution in [3.05, 3.63) is 0 Å². The van der Waals surface area contributed by atoms with Crippen LogP contribution in [0.5, 0.6) is 0 Å². The fourth-order valence-electron chi connectivity index (χ4n) is 2.27. The number of ether oxygens (including phenoxy) is 1. The van der Waals surface area contributed by atoms with Gasteiger partial charge in [0.2, 0.25) is 5.91 Å². The fourth-order valence-corrected chi connectivity index (χ4v) is 2.27. The molecule has 1 N–H and O–H groups in total. The molecule has 1 heterocycles. The normalized spacial score (nSPS) is 22.5. The number of esters is 1. The van der Waals surface area contributed by atoms with Crippen molar-refractivity contribution < 1.29 is 24.2 Å². The lowest BCUT2D eigenvalue weighted by Gasteiger charge is -2.36. The van der Waals surface area contributed by atoms with E-state index in [1.54, 1.807) is 6.92 Å². The summed E-state index contributed by atoms with van der Waals surface area (Å²) >= 11 is 0. The highest BCUT2D eigenvalue weighted by atomic mass is 16.5. The molecule has 0 aromatic heterocycles. The summed E-state index contributed by atoms with van der Waals surface area (Å²) in [5, 5.41) is 8.96. The van der Waals surface area contributed by atoms with Crippen LogP contribution in [0.25, 0.3) is 0 Å². The van der Waals surface area contributed by atoms with Gasteiger partial charge in [0.25, 0.3) is 0 Å². The average molecular weight is 271 g/mol. The molecule has 1 aliphatic heterocycles. The molecule has 0 aromatic rings. The molecule has 0 aromatic carbocycles. The van der Waals surface area contributed by atoms with Gasteiger partial charge < -0.3 is 14.7 Å². The molecule has 1 amide bonds. The molecule has 108 valence electrons. The van der Waals surface area contributed by atoms with Gasteiger partial charge in [-0.1, -0.05) is 13.8 Å². The second-order valence-electron chi connectivity index (χ2n) is 4.98. The van der Waals surface area contributed by atoms with E-state index in [-0.39, 0.29) is 5.91 Å². The summed E-state index contributed by atoms with van der Waals surface area (Å²) < 4.78 is 4.71. The summed E-state index contributed by atoms with van der Waals surface area (Å²) in [6.07, 6.45) is 2.27. The van der Waals surface area contributed by atoms with E-state index in [1.165, 1.54) is 18.9 Å². The first-order valence-corrected chi connectivity index (χ1v) is 6.51. The molecule has 0 radical (unpaired) electrons. The molecule has 1 fully saturated rings. The van der Waals surface area contributed by atoms with Crippen molar-refractivity contribution in [3.8, 4) is 0 Å². The molecule has 1 rings (SSSR count). The monoisotopic (exact) mass is 271 g/mol. The lowest BCUT2D eigenvalue weighted by Crippen LogP contribution is -2.51. The molecule has 19 heavy (non-hydrogen) atoms. The zero-order valence-electron chi connectivity index (χ0n) is 11.6. The zero-order chi connectivity index (χ0) is 14.6. The number of amides is 1. The largest absolute Gasteiger partial charge is 0.481 e. The quantitative estimate of drug-likeness (QED) is 0.768. The van der Waals surface area contributed by atoms with Gasteiger partial charge in [-0.3, -0.25) is 9.59 Å². The number of carboxylic acid groups (broad SMARTS) is 1. The van der Waals surface area contributed by atoms with Crippen molar-refractivity contribution in [1.82, 2.24) is 4.90 Å². The van der Waals surface area contributed by atoms with Gasteiger partial charge >= 0.3 is 11.9 Å². The Balaban J connectivity index is 2.82. The van der Waals surface area contributed by atoms with Gasteiger partial charge in [-0.2, -0.15) is 0 Å². The number of rotatable bonds is 4. The van der Waals surface area contributed by atoms with Crippen molar-refractivity contribution in [2.45, 2.75) is 39.2 Å². The summed E-state index contributed by atoms with van der Waals surface area (Å²) in [5.41, 5.74) is 0. The fraction of sp³-hybridized carbons (Fsp3) is 0.769. The van der Waals surface area contributed by atoms with Crippen molar-refractivity contribution >= 4 is 17.8 Å². The first-order chi connectivity index (χ1) is 8.90. The molecule has 3 atom stereocenters. The van der Waals surface area contributed by atoms with Crippen LogP contribution in [0.4, 0.5) is 0 Å². The number of carboxylic acids is 1. The molecule has 6 nitrogen and oxygen atoms in total. The van der Waals surface area contributed by atoms with Gasteiger partial charge in [-0.25, -0.2) is 4.79 Å². The van der Waals surface area contributed by atoms with Gasteiger partial charge in [0.05, 0.1) is 13.0 Å². The predicted molar refractivity (Wildman–Crippen MR) is 67.3 cm³/mol. The number of hydrogen-bond acceptors (Lipinski definition) is 4. The van der Waals surface area contributed by atoms with Crippen LogP contribution < -0.4 is 0 Å². The molecule has 0 bridgehead atoms. The van der Waals surface area contributed by atoms with E-state index in [0.29, 0.717) is 13.0 Å². The number of aliphatic carboxylic acids is 1. The minimum atomic E-state index is -1.01. The maximum absolute atomic E-state index is 12.3. The van der Waals surface area contributed by atoms with Crippen LogP contribution in [0.2, 0.25) is 0 Å². The highest BCUT2D eigenvalue weighted by Crippen LogP contribution is 2.23. The number of carbonyl (C=O) groups excluding carboxylic acids is 2. The van der Waals surface area contributed by atoms with Crippen LogP contribution in [0.3, 0.4) is 0 Å². The summed E-state index contributed by atoms with van der Waals surface area (Å²) in [5.74, 6) is -3.14. The molecule has 1 aliphatic rings. The molecular formula is C13H21NO5. The molecule has 0 saturated carbocycles. The van der Waals surface area contributed by atoms with Crippen LogP contribution in [0.15, 0.2) is 0 Å². The van der Waals surface area contributed by atoms with Gasteiger partial charge in [-0.15, -0.1) is 0 Å². The topological polar surface area (TPSA) is 83.9 Å². The minimum Gasteiger partial charge on any atom is -0.481 e. The lowest BCUT2D eigenvalue weighted by molar-refractivity contribution is -0.158. The van der Waals surface area contributed by atoms with E-state index in [0.717, 1.165) is 12.8 Å². The number of hydrogen-bond donors (Lipinski definition) is 1. The molecule has 0 aliphatic carbocycles. The van der Waals surface area contributed by atoms with Gasteiger partial charge in [-0.05, 0) is 19.3 Å².